The molecule has 0 aromatic heterocycles. The molecule has 56 heavy (non-hydrogen) atoms. The number of carbonyl (C=O) groups excluding carboxylic acids is 2. The van der Waals surface area contributed by atoms with Crippen molar-refractivity contribution in [2.24, 2.45) is 0 Å². The van der Waals surface area contributed by atoms with Crippen molar-refractivity contribution >= 4 is 19.8 Å². The van der Waals surface area contributed by atoms with Crippen LogP contribution in [0.1, 0.15) is 239 Å². The molecule has 0 radical (unpaired) electrons. The molecule has 3 N–H and O–H groups in total. The number of hydrogen-bond acceptors (Lipinski definition) is 9. The molecule has 0 aliphatic carbocycles. The van der Waals surface area contributed by atoms with E-state index in [4.69, 9.17) is 23.6 Å². The van der Waals surface area contributed by atoms with Crippen LogP contribution in [0.4, 0.5) is 0 Å². The van der Waals surface area contributed by atoms with E-state index in [2.05, 4.69) is 13.8 Å². The van der Waals surface area contributed by atoms with Gasteiger partial charge in [0.1, 0.15) is 12.7 Å². The molecule has 10 nitrogen and oxygen atoms in total. The van der Waals surface area contributed by atoms with Crippen molar-refractivity contribution in [2.45, 2.75) is 251 Å². The number of phosphoric ester groups is 1. The largest absolute Gasteiger partial charge is 0.472 e. The highest BCUT2D eigenvalue weighted by atomic mass is 31.2. The number of rotatable bonds is 45. The second-order valence-corrected chi connectivity index (χ2v) is 17.6. The first kappa shape index (κ1) is 55.0. The number of ether oxygens (including phenoxy) is 2. The average molecular weight is 821 g/mol. The topological polar surface area (TPSA) is 149 Å². The van der Waals surface area contributed by atoms with Gasteiger partial charge in [-0.25, -0.2) is 4.57 Å². The van der Waals surface area contributed by atoms with Crippen molar-refractivity contribution in [1.82, 2.24) is 0 Å². The van der Waals surface area contributed by atoms with Crippen LogP contribution in [0.5, 0.6) is 0 Å². The van der Waals surface area contributed by atoms with E-state index in [1.165, 1.54) is 161 Å². The molecule has 0 aromatic carbocycles. The second kappa shape index (κ2) is 42.1. The molecule has 0 saturated carbocycles. The molecule has 0 bridgehead atoms. The number of aliphatic hydroxyl groups is 2. The van der Waals surface area contributed by atoms with Gasteiger partial charge < -0.3 is 24.6 Å². The summed E-state index contributed by atoms with van der Waals surface area (Å²) >= 11 is 0. The summed E-state index contributed by atoms with van der Waals surface area (Å²) in [6.45, 7) is 2.42. The van der Waals surface area contributed by atoms with E-state index in [-0.39, 0.29) is 19.4 Å². The molecule has 0 aliphatic rings. The van der Waals surface area contributed by atoms with Crippen molar-refractivity contribution in [1.29, 1.82) is 0 Å². The fourth-order valence-electron chi connectivity index (χ4n) is 6.88. The Morgan fingerprint density at radius 1 is 0.464 bits per heavy atom. The zero-order valence-electron chi connectivity index (χ0n) is 36.4. The fourth-order valence-corrected chi connectivity index (χ4v) is 7.67. The molecule has 0 rings (SSSR count). The first-order chi connectivity index (χ1) is 27.2. The van der Waals surface area contributed by atoms with Crippen LogP contribution in [0.2, 0.25) is 0 Å². The van der Waals surface area contributed by atoms with Crippen LogP contribution < -0.4 is 0 Å². The second-order valence-electron chi connectivity index (χ2n) is 16.2. The van der Waals surface area contributed by atoms with Gasteiger partial charge in [0.25, 0.3) is 0 Å². The summed E-state index contributed by atoms with van der Waals surface area (Å²) in [7, 11) is -4.61. The lowest BCUT2D eigenvalue weighted by atomic mass is 10.0. The van der Waals surface area contributed by atoms with Gasteiger partial charge in [0.2, 0.25) is 0 Å². The standard InChI is InChI=1S/C45H89O10P/c1-3-5-7-9-11-13-15-16-17-18-19-20-21-22-23-24-25-27-29-31-33-35-37-45(49)55-43(41-54-56(50,51)53-39-42(47)38-46)40-52-44(48)36-34-32-30-28-26-14-12-10-8-6-4-2/h42-43,46-47H,3-41H2,1-2H3,(H,50,51). The van der Waals surface area contributed by atoms with Crippen LogP contribution >= 0.6 is 7.82 Å². The van der Waals surface area contributed by atoms with E-state index in [1.54, 1.807) is 0 Å². The maximum atomic E-state index is 12.6. The molecule has 3 unspecified atom stereocenters. The van der Waals surface area contributed by atoms with Crippen LogP contribution in [0.15, 0.2) is 0 Å². The fraction of sp³-hybridized carbons (Fsp3) is 0.956. The van der Waals surface area contributed by atoms with Gasteiger partial charge in [-0.15, -0.1) is 0 Å². The van der Waals surface area contributed by atoms with Gasteiger partial charge in [-0.1, -0.05) is 213 Å². The molecule has 0 saturated heterocycles. The van der Waals surface area contributed by atoms with Crippen LogP contribution in [0, 0.1) is 0 Å². The predicted molar refractivity (Wildman–Crippen MR) is 229 cm³/mol. The predicted octanol–water partition coefficient (Wildman–Crippen LogP) is 12.6. The molecule has 11 heteroatoms. The Kier molecular flexibility index (Phi) is 41.3. The lowest BCUT2D eigenvalue weighted by Gasteiger charge is -2.20. The molecule has 0 spiro atoms. The molecule has 0 amide bonds. The molecule has 0 fully saturated rings. The zero-order valence-corrected chi connectivity index (χ0v) is 37.3. The van der Waals surface area contributed by atoms with E-state index in [9.17, 15) is 24.2 Å². The molecule has 0 heterocycles. The number of aliphatic hydroxyl groups excluding tert-OH is 2. The number of carbonyl (C=O) groups is 2. The molecular weight excluding hydrogens is 731 g/mol. The third kappa shape index (κ3) is 41.1. The van der Waals surface area contributed by atoms with Crippen LogP contribution in [-0.2, 0) is 32.7 Å². The maximum Gasteiger partial charge on any atom is 0.472 e. The molecule has 0 aliphatic heterocycles. The van der Waals surface area contributed by atoms with Gasteiger partial charge in [0, 0.05) is 12.8 Å². The number of phosphoric acid groups is 1. The summed E-state index contributed by atoms with van der Waals surface area (Å²) in [5.41, 5.74) is 0. The lowest BCUT2D eigenvalue weighted by Crippen LogP contribution is -2.29. The Balaban J connectivity index is 4.11. The van der Waals surface area contributed by atoms with E-state index in [0.29, 0.717) is 12.8 Å². The van der Waals surface area contributed by atoms with E-state index >= 15 is 0 Å². The Bertz CT molecular complexity index is 904. The maximum absolute atomic E-state index is 12.6. The highest BCUT2D eigenvalue weighted by molar-refractivity contribution is 7.47. The Labute approximate surface area is 344 Å². The first-order valence-electron chi connectivity index (χ1n) is 23.5. The summed E-state index contributed by atoms with van der Waals surface area (Å²) < 4.78 is 32.7. The summed E-state index contributed by atoms with van der Waals surface area (Å²) in [6.07, 6.45) is 39.4. The third-order valence-corrected chi connectivity index (χ3v) is 11.5. The smallest absolute Gasteiger partial charge is 0.462 e. The molecule has 3 atom stereocenters. The van der Waals surface area contributed by atoms with E-state index in [0.717, 1.165) is 38.5 Å². The quantitative estimate of drug-likeness (QED) is 0.0308. The zero-order chi connectivity index (χ0) is 41.2. The minimum atomic E-state index is -4.61. The summed E-state index contributed by atoms with van der Waals surface area (Å²) in [6, 6.07) is 0. The number of unbranched alkanes of at least 4 members (excludes halogenated alkanes) is 31. The lowest BCUT2D eigenvalue weighted by molar-refractivity contribution is -0.161. The molecular formula is C45H89O10P. The minimum Gasteiger partial charge on any atom is -0.462 e. The van der Waals surface area contributed by atoms with Gasteiger partial charge in [-0.2, -0.15) is 0 Å². The third-order valence-electron chi connectivity index (χ3n) is 10.5. The Morgan fingerprint density at radius 2 is 0.768 bits per heavy atom. The van der Waals surface area contributed by atoms with Crippen molar-refractivity contribution in [3.8, 4) is 0 Å². The van der Waals surface area contributed by atoms with Crippen molar-refractivity contribution in [3.05, 3.63) is 0 Å². The van der Waals surface area contributed by atoms with Gasteiger partial charge in [0.15, 0.2) is 6.10 Å². The minimum absolute atomic E-state index is 0.193. The molecule has 0 aromatic rings. The number of hydrogen-bond donors (Lipinski definition) is 3. The summed E-state index contributed by atoms with van der Waals surface area (Å²) in [4.78, 5) is 35.0. The van der Waals surface area contributed by atoms with Crippen LogP contribution in [0.25, 0.3) is 0 Å². The van der Waals surface area contributed by atoms with E-state index in [1.807, 2.05) is 0 Å². The van der Waals surface area contributed by atoms with Crippen LogP contribution in [0.3, 0.4) is 0 Å². The Morgan fingerprint density at radius 3 is 1.11 bits per heavy atom. The van der Waals surface area contributed by atoms with Gasteiger partial charge in [-0.3, -0.25) is 18.6 Å². The van der Waals surface area contributed by atoms with Crippen molar-refractivity contribution < 1.29 is 47.8 Å². The first-order valence-corrected chi connectivity index (χ1v) is 25.0. The highest BCUT2D eigenvalue weighted by Crippen LogP contribution is 2.43. The summed E-state index contributed by atoms with van der Waals surface area (Å²) in [5.74, 6) is -0.909. The van der Waals surface area contributed by atoms with Crippen molar-refractivity contribution in [3.63, 3.8) is 0 Å². The average Bonchev–Trinajstić information content (AvgIpc) is 3.19. The highest BCUT2D eigenvalue weighted by Gasteiger charge is 2.27. The normalized spacial score (nSPS) is 13.7. The van der Waals surface area contributed by atoms with Crippen LogP contribution in [-0.4, -0.2) is 65.7 Å². The molecule has 334 valence electrons. The van der Waals surface area contributed by atoms with E-state index < -0.39 is 51.8 Å². The van der Waals surface area contributed by atoms with Gasteiger partial charge in [0.05, 0.1) is 19.8 Å². The SMILES string of the molecule is CCCCCCCCCCCCCCCCCCCCCCCCC(=O)OC(COC(=O)CCCCCCCCCCCCC)COP(=O)(O)OCC(O)CO. The monoisotopic (exact) mass is 821 g/mol. The number of esters is 2. The Hall–Kier alpha value is -1.03. The van der Waals surface area contributed by atoms with Crippen molar-refractivity contribution in [2.75, 3.05) is 26.4 Å². The van der Waals surface area contributed by atoms with Gasteiger partial charge >= 0.3 is 19.8 Å². The summed E-state index contributed by atoms with van der Waals surface area (Å²) in [5, 5.41) is 18.3. The van der Waals surface area contributed by atoms with Gasteiger partial charge in [-0.05, 0) is 12.8 Å².